The van der Waals surface area contributed by atoms with E-state index in [0.29, 0.717) is 0 Å². The molecule has 0 aromatic heterocycles. The van der Waals surface area contributed by atoms with E-state index in [4.69, 9.17) is 24.7 Å². The average Bonchev–Trinajstić information content (AvgIpc) is 3.21. The van der Waals surface area contributed by atoms with Crippen LogP contribution in [0.25, 0.3) is 0 Å². The smallest absolute Gasteiger partial charge is 0.308 e. The number of aliphatic hydroxyl groups excluding tert-OH is 9. The summed E-state index contributed by atoms with van der Waals surface area (Å²) in [7, 11) is 1.37. The predicted octanol–water partition coefficient (Wildman–Crippen LogP) is -0.261. The Bertz CT molecular complexity index is 1620. The maximum absolute atomic E-state index is 13.1. The van der Waals surface area contributed by atoms with Gasteiger partial charge in [0.05, 0.1) is 86.0 Å². The minimum absolute atomic E-state index is 0.0849. The number of hydrogen-bond donors (Lipinski definition) is 12. The second-order valence-electron chi connectivity index (χ2n) is 17.0. The second-order valence-corrected chi connectivity index (χ2v) is 17.0. The molecule has 64 heavy (non-hydrogen) atoms. The highest BCUT2D eigenvalue weighted by Crippen LogP contribution is 2.38. The van der Waals surface area contributed by atoms with E-state index in [0.717, 1.165) is 0 Å². The van der Waals surface area contributed by atoms with Gasteiger partial charge in [0.25, 0.3) is 0 Å². The zero-order valence-electron chi connectivity index (χ0n) is 36.9. The lowest BCUT2D eigenvalue weighted by molar-refractivity contribution is -0.304. The summed E-state index contributed by atoms with van der Waals surface area (Å²) >= 11 is 0. The number of allylic oxidation sites excluding steroid dienone is 12. The normalized spacial score (nSPS) is 43.6. The molecule has 3 aliphatic rings. The molecule has 2 bridgehead atoms. The number of amides is 1. The molecule has 3 heterocycles. The molecule has 0 saturated carbocycles. The van der Waals surface area contributed by atoms with Gasteiger partial charge in [0.15, 0.2) is 12.1 Å². The van der Waals surface area contributed by atoms with E-state index in [1.165, 1.54) is 7.05 Å². The molecule has 18 nitrogen and oxygen atoms in total. The number of cyclic esters (lactones) is 1. The Kier molecular flexibility index (Phi) is 23.9. The minimum atomic E-state index is -2.24. The van der Waals surface area contributed by atoms with Crippen LogP contribution < -0.4 is 11.1 Å². The lowest BCUT2D eigenvalue weighted by Gasteiger charge is -2.45. The van der Waals surface area contributed by atoms with Crippen LogP contribution in [0.2, 0.25) is 0 Å². The van der Waals surface area contributed by atoms with E-state index in [2.05, 4.69) is 5.32 Å². The molecule has 0 spiro atoms. The fourth-order valence-electron chi connectivity index (χ4n) is 7.68. The van der Waals surface area contributed by atoms with Crippen LogP contribution in [-0.4, -0.2) is 168 Å². The number of carbonyl (C=O) groups is 2. The molecular formula is C46H72N2O16. The monoisotopic (exact) mass is 908 g/mol. The Labute approximate surface area is 375 Å². The molecule has 17 atom stereocenters. The first-order valence-electron chi connectivity index (χ1n) is 22.0. The summed E-state index contributed by atoms with van der Waals surface area (Å²) < 4.78 is 23.1. The molecule has 1 amide bonds. The molecule has 18 heteroatoms. The van der Waals surface area contributed by atoms with Crippen LogP contribution in [0.3, 0.4) is 0 Å². The third-order valence-corrected chi connectivity index (χ3v) is 11.3. The summed E-state index contributed by atoms with van der Waals surface area (Å²) in [6.07, 6.45) is 6.14. The van der Waals surface area contributed by atoms with Crippen molar-refractivity contribution in [3.05, 3.63) is 85.1 Å². The van der Waals surface area contributed by atoms with Crippen LogP contribution in [0.1, 0.15) is 71.6 Å². The number of nitrogens with two attached hydrogens (primary N) is 1. The molecule has 2 saturated heterocycles. The van der Waals surface area contributed by atoms with Crippen LogP contribution in [0, 0.1) is 11.8 Å². The fraction of sp³-hybridized carbons (Fsp3) is 0.652. The number of rotatable bonds is 3. The van der Waals surface area contributed by atoms with Crippen LogP contribution >= 0.6 is 0 Å². The highest BCUT2D eigenvalue weighted by atomic mass is 16.7. The number of carbonyl (C=O) groups excluding carboxylic acids is 2. The molecule has 0 aromatic rings. The second kappa shape index (κ2) is 27.9. The summed E-state index contributed by atoms with van der Waals surface area (Å²) in [5.41, 5.74) is 5.97. The van der Waals surface area contributed by atoms with Crippen LogP contribution in [0.4, 0.5) is 0 Å². The standard InChI is InChI=1S/C46H72N2O16/c1-28-16-14-12-10-8-6-4-5-7-9-11-13-15-17-33(63-45-43(58)42(47)38(56)27-61-45)24-39-41(44(59)48-3)37(55)26-46(60,64-39)25-32(51)22-36(54)34(52)19-18-30(49)21-31(50)23-40(57)62-29(2)20-35(28)53/h4-17,28-39,41-43,45,49-56,58,60H,18-27,47H2,1-3H3,(H,48,59)/b5-4+,8-6+,9-7+,12-10+,13-11+,16-14+,17-15+/t28-,29-,30?,31?,32?,33?,34?,35-,36?,37-,38+,39-,41+,42-,43+,45-,46?/m0/s1. The number of fused-ring (bicyclic) bond motifs is 2. The molecule has 2 fully saturated rings. The number of hydrogen-bond acceptors (Lipinski definition) is 17. The SMILES string of the molecule is CNC(=O)[C@H]1[C@@H]2CC(O[C@@H]3OC[C@@H](O)[C@H](N)[C@H]3O)/C=C/C=C/C=C/C=C/C=C/C=C/C=C/[C@H](C)[C@@H](O)C[C@H](C)OC(=O)CC(O)CC(O)CCC(O)C(O)CC(O)CC(O)(C[C@@H]1O)O2. The van der Waals surface area contributed by atoms with Crippen molar-refractivity contribution in [1.29, 1.82) is 0 Å². The van der Waals surface area contributed by atoms with Gasteiger partial charge in [-0.3, -0.25) is 9.59 Å². The fourth-order valence-corrected chi connectivity index (χ4v) is 7.68. The molecule has 0 radical (unpaired) electrons. The van der Waals surface area contributed by atoms with Crippen LogP contribution in [0.15, 0.2) is 85.1 Å². The summed E-state index contributed by atoms with van der Waals surface area (Å²) in [5.74, 6) is -5.05. The molecular weight excluding hydrogens is 837 g/mol. The van der Waals surface area contributed by atoms with Crippen LogP contribution in [-0.2, 0) is 28.5 Å². The van der Waals surface area contributed by atoms with Crippen molar-refractivity contribution in [2.45, 2.75) is 163 Å². The summed E-state index contributed by atoms with van der Waals surface area (Å²) in [6, 6.07) is -1.09. The molecule has 0 aromatic carbocycles. The van der Waals surface area contributed by atoms with Gasteiger partial charge in [-0.1, -0.05) is 92.0 Å². The summed E-state index contributed by atoms with van der Waals surface area (Å²) in [5, 5.41) is 110. The van der Waals surface area contributed by atoms with Gasteiger partial charge >= 0.3 is 5.97 Å². The third-order valence-electron chi connectivity index (χ3n) is 11.3. The van der Waals surface area contributed by atoms with Crippen molar-refractivity contribution < 1.29 is 79.6 Å². The van der Waals surface area contributed by atoms with E-state index in [-0.39, 0.29) is 44.6 Å². The van der Waals surface area contributed by atoms with Crippen molar-refractivity contribution in [2.75, 3.05) is 13.7 Å². The topological polar surface area (TPSA) is 311 Å². The molecule has 0 aliphatic carbocycles. The molecule has 3 rings (SSSR count). The maximum Gasteiger partial charge on any atom is 0.308 e. The zero-order chi connectivity index (χ0) is 47.4. The lowest BCUT2D eigenvalue weighted by Crippen LogP contribution is -2.59. The Morgan fingerprint density at radius 3 is 1.91 bits per heavy atom. The van der Waals surface area contributed by atoms with Gasteiger partial charge in [0.2, 0.25) is 5.91 Å². The Morgan fingerprint density at radius 2 is 1.30 bits per heavy atom. The van der Waals surface area contributed by atoms with Gasteiger partial charge in [-0.15, -0.1) is 0 Å². The first-order valence-corrected chi connectivity index (χ1v) is 22.0. The van der Waals surface area contributed by atoms with Gasteiger partial charge < -0.3 is 81.1 Å². The first-order chi connectivity index (χ1) is 30.3. The Balaban J connectivity index is 1.85. The quantitative estimate of drug-likeness (QED) is 0.162. The van der Waals surface area contributed by atoms with E-state index in [1.807, 2.05) is 37.3 Å². The number of esters is 1. The number of nitrogens with one attached hydrogen (secondary N) is 1. The van der Waals surface area contributed by atoms with E-state index >= 15 is 0 Å². The van der Waals surface area contributed by atoms with Gasteiger partial charge in [0.1, 0.15) is 12.2 Å². The third kappa shape index (κ3) is 19.2. The number of aliphatic hydroxyl groups is 10. The summed E-state index contributed by atoms with van der Waals surface area (Å²) in [6.45, 7) is 3.22. The van der Waals surface area contributed by atoms with Crippen molar-refractivity contribution in [2.24, 2.45) is 17.6 Å². The Morgan fingerprint density at radius 1 is 0.703 bits per heavy atom. The highest BCUT2D eigenvalue weighted by molar-refractivity contribution is 5.79. The van der Waals surface area contributed by atoms with E-state index in [1.54, 1.807) is 61.6 Å². The minimum Gasteiger partial charge on any atom is -0.462 e. The van der Waals surface area contributed by atoms with Crippen molar-refractivity contribution in [3.8, 4) is 0 Å². The number of ether oxygens (including phenoxy) is 4. The van der Waals surface area contributed by atoms with E-state index in [9.17, 15) is 60.7 Å². The van der Waals surface area contributed by atoms with Crippen molar-refractivity contribution in [1.82, 2.24) is 5.32 Å². The summed E-state index contributed by atoms with van der Waals surface area (Å²) in [4.78, 5) is 25.6. The van der Waals surface area contributed by atoms with Gasteiger partial charge in [-0.25, -0.2) is 0 Å². The molecule has 13 N–H and O–H groups in total. The Hall–Kier alpha value is -3.44. The highest BCUT2D eigenvalue weighted by Gasteiger charge is 2.50. The average molecular weight is 909 g/mol. The predicted molar refractivity (Wildman–Crippen MR) is 234 cm³/mol. The van der Waals surface area contributed by atoms with Gasteiger partial charge in [-0.2, -0.15) is 0 Å². The lowest BCUT2D eigenvalue weighted by atomic mass is 9.82. The molecule has 3 aliphatic heterocycles. The maximum atomic E-state index is 13.1. The van der Waals surface area contributed by atoms with Crippen molar-refractivity contribution in [3.63, 3.8) is 0 Å². The van der Waals surface area contributed by atoms with Crippen molar-refractivity contribution >= 4 is 11.9 Å². The van der Waals surface area contributed by atoms with Crippen LogP contribution in [0.5, 0.6) is 0 Å². The zero-order valence-corrected chi connectivity index (χ0v) is 36.9. The molecule has 362 valence electrons. The van der Waals surface area contributed by atoms with Gasteiger partial charge in [-0.05, 0) is 26.2 Å². The largest absolute Gasteiger partial charge is 0.462 e. The van der Waals surface area contributed by atoms with Gasteiger partial charge in [0, 0.05) is 45.1 Å². The molecule has 7 unspecified atom stereocenters. The first kappa shape index (κ1) is 54.9. The van der Waals surface area contributed by atoms with E-state index < -0.39 is 135 Å².